The smallest absolute Gasteiger partial charge is 0.222 e. The molecule has 0 aromatic carbocycles. The van der Waals surface area contributed by atoms with Crippen molar-refractivity contribution in [1.29, 1.82) is 0 Å². The van der Waals surface area contributed by atoms with Crippen LogP contribution < -0.4 is 10.6 Å². The van der Waals surface area contributed by atoms with Crippen molar-refractivity contribution in [3.63, 3.8) is 0 Å². The molecule has 1 aromatic heterocycles. The van der Waals surface area contributed by atoms with Crippen LogP contribution in [0, 0.1) is 5.92 Å². The standard InChI is InChI=1S/C10H13ClN4O2/c11-8-7(4-16)10(14-5-13-8)15-2-1-6(3-15)9(12)17/h5-6,16H,1-4H2,(H2,12,17). The van der Waals surface area contributed by atoms with Crippen molar-refractivity contribution in [1.82, 2.24) is 9.97 Å². The number of aliphatic hydroxyl groups excluding tert-OH is 1. The van der Waals surface area contributed by atoms with Gasteiger partial charge in [-0.1, -0.05) is 11.6 Å². The van der Waals surface area contributed by atoms with Crippen LogP contribution in [0.1, 0.15) is 12.0 Å². The van der Waals surface area contributed by atoms with Crippen molar-refractivity contribution < 1.29 is 9.90 Å². The fourth-order valence-corrected chi connectivity index (χ4v) is 2.16. The molecule has 1 aromatic rings. The Morgan fingerprint density at radius 3 is 3.00 bits per heavy atom. The Morgan fingerprint density at radius 1 is 1.65 bits per heavy atom. The maximum Gasteiger partial charge on any atom is 0.222 e. The summed E-state index contributed by atoms with van der Waals surface area (Å²) in [5, 5.41) is 9.49. The minimum atomic E-state index is -0.307. The van der Waals surface area contributed by atoms with Crippen molar-refractivity contribution in [3.05, 3.63) is 17.0 Å². The Kier molecular flexibility index (Phi) is 3.44. The summed E-state index contributed by atoms with van der Waals surface area (Å²) in [5.74, 6) is 0.102. The zero-order chi connectivity index (χ0) is 12.4. The van der Waals surface area contributed by atoms with E-state index in [0.29, 0.717) is 30.9 Å². The van der Waals surface area contributed by atoms with E-state index in [4.69, 9.17) is 17.3 Å². The summed E-state index contributed by atoms with van der Waals surface area (Å²) in [6.45, 7) is 0.955. The summed E-state index contributed by atoms with van der Waals surface area (Å²) in [6.07, 6.45) is 2.04. The lowest BCUT2D eigenvalue weighted by Crippen LogP contribution is -2.28. The number of hydrogen-bond acceptors (Lipinski definition) is 5. The Hall–Kier alpha value is -1.40. The van der Waals surface area contributed by atoms with Gasteiger partial charge in [0.1, 0.15) is 17.3 Å². The second kappa shape index (κ2) is 4.85. The van der Waals surface area contributed by atoms with Crippen LogP contribution in [0.2, 0.25) is 5.15 Å². The number of primary amides is 1. The summed E-state index contributed by atoms with van der Waals surface area (Å²) in [7, 11) is 0. The first-order valence-corrected chi connectivity index (χ1v) is 5.65. The Balaban J connectivity index is 2.24. The van der Waals surface area contributed by atoms with Crippen LogP contribution in [0.3, 0.4) is 0 Å². The summed E-state index contributed by atoms with van der Waals surface area (Å²) < 4.78 is 0. The normalized spacial score (nSPS) is 19.6. The molecule has 1 aliphatic heterocycles. The summed E-state index contributed by atoms with van der Waals surface area (Å²) >= 11 is 5.88. The first-order valence-electron chi connectivity index (χ1n) is 5.28. The molecule has 92 valence electrons. The summed E-state index contributed by atoms with van der Waals surface area (Å²) in [4.78, 5) is 20.9. The number of amides is 1. The van der Waals surface area contributed by atoms with E-state index in [2.05, 4.69) is 9.97 Å². The van der Waals surface area contributed by atoms with Gasteiger partial charge in [-0.05, 0) is 6.42 Å². The van der Waals surface area contributed by atoms with Crippen LogP contribution in [0.25, 0.3) is 0 Å². The number of aromatic nitrogens is 2. The molecule has 2 heterocycles. The van der Waals surface area contributed by atoms with Crippen LogP contribution in [0.5, 0.6) is 0 Å². The molecule has 17 heavy (non-hydrogen) atoms. The van der Waals surface area contributed by atoms with Gasteiger partial charge in [-0.3, -0.25) is 4.79 Å². The molecule has 6 nitrogen and oxygen atoms in total. The number of hydrogen-bond donors (Lipinski definition) is 2. The van der Waals surface area contributed by atoms with Gasteiger partial charge in [0.25, 0.3) is 0 Å². The zero-order valence-electron chi connectivity index (χ0n) is 9.14. The molecule has 0 radical (unpaired) electrons. The molecule has 0 spiro atoms. The number of nitrogens with two attached hydrogens (primary N) is 1. The number of aliphatic hydroxyl groups is 1. The molecule has 0 aliphatic carbocycles. The van der Waals surface area contributed by atoms with Crippen molar-refractivity contribution in [2.75, 3.05) is 18.0 Å². The third-order valence-corrected chi connectivity index (χ3v) is 3.24. The average Bonchev–Trinajstić information content (AvgIpc) is 2.77. The van der Waals surface area contributed by atoms with Crippen LogP contribution in [-0.2, 0) is 11.4 Å². The number of carbonyl (C=O) groups is 1. The van der Waals surface area contributed by atoms with E-state index in [1.165, 1.54) is 6.33 Å². The number of carbonyl (C=O) groups excluding carboxylic acids is 1. The SMILES string of the molecule is NC(=O)C1CCN(c2ncnc(Cl)c2CO)C1. The Morgan fingerprint density at radius 2 is 2.41 bits per heavy atom. The van der Waals surface area contributed by atoms with E-state index < -0.39 is 0 Å². The van der Waals surface area contributed by atoms with Crippen LogP contribution in [0.4, 0.5) is 5.82 Å². The maximum absolute atomic E-state index is 11.1. The van der Waals surface area contributed by atoms with E-state index in [0.717, 1.165) is 0 Å². The fourth-order valence-electron chi connectivity index (χ4n) is 1.98. The predicted molar refractivity (Wildman–Crippen MR) is 62.5 cm³/mol. The topological polar surface area (TPSA) is 92.3 Å². The molecular weight excluding hydrogens is 244 g/mol. The van der Waals surface area contributed by atoms with Crippen molar-refractivity contribution >= 4 is 23.3 Å². The van der Waals surface area contributed by atoms with Crippen LogP contribution in [-0.4, -0.2) is 34.1 Å². The lowest BCUT2D eigenvalue weighted by molar-refractivity contribution is -0.121. The molecule has 0 bridgehead atoms. The second-order valence-corrected chi connectivity index (χ2v) is 4.32. The van der Waals surface area contributed by atoms with E-state index in [1.54, 1.807) is 0 Å². The molecule has 0 saturated carbocycles. The fraction of sp³-hybridized carbons (Fsp3) is 0.500. The van der Waals surface area contributed by atoms with Crippen molar-refractivity contribution in [2.24, 2.45) is 11.7 Å². The van der Waals surface area contributed by atoms with Crippen molar-refractivity contribution in [3.8, 4) is 0 Å². The first-order chi connectivity index (χ1) is 8.13. The predicted octanol–water partition coefficient (Wildman–Crippen LogP) is -0.0661. The van der Waals surface area contributed by atoms with Gasteiger partial charge in [0.2, 0.25) is 5.91 Å². The quantitative estimate of drug-likeness (QED) is 0.739. The van der Waals surface area contributed by atoms with Gasteiger partial charge in [-0.15, -0.1) is 0 Å². The molecule has 7 heteroatoms. The van der Waals surface area contributed by atoms with E-state index in [-0.39, 0.29) is 23.6 Å². The minimum absolute atomic E-state index is 0.171. The van der Waals surface area contributed by atoms with Crippen LogP contribution in [0.15, 0.2) is 6.33 Å². The third kappa shape index (κ3) is 2.32. The van der Waals surface area contributed by atoms with Gasteiger partial charge in [0, 0.05) is 13.1 Å². The zero-order valence-corrected chi connectivity index (χ0v) is 9.89. The number of rotatable bonds is 3. The van der Waals surface area contributed by atoms with E-state index >= 15 is 0 Å². The third-order valence-electron chi connectivity index (χ3n) is 2.92. The van der Waals surface area contributed by atoms with Gasteiger partial charge < -0.3 is 15.7 Å². The molecular formula is C10H13ClN4O2. The lowest BCUT2D eigenvalue weighted by Gasteiger charge is -2.19. The molecule has 3 N–H and O–H groups in total. The van der Waals surface area contributed by atoms with Crippen molar-refractivity contribution in [2.45, 2.75) is 13.0 Å². The second-order valence-electron chi connectivity index (χ2n) is 3.96. The molecule has 1 unspecified atom stereocenters. The highest BCUT2D eigenvalue weighted by Gasteiger charge is 2.29. The summed E-state index contributed by atoms with van der Waals surface area (Å²) in [6, 6.07) is 0. The van der Waals surface area contributed by atoms with Gasteiger partial charge in [0.15, 0.2) is 0 Å². The Bertz CT molecular complexity index is 440. The monoisotopic (exact) mass is 256 g/mol. The van der Waals surface area contributed by atoms with Gasteiger partial charge >= 0.3 is 0 Å². The van der Waals surface area contributed by atoms with E-state index in [9.17, 15) is 9.90 Å². The molecule has 1 saturated heterocycles. The van der Waals surface area contributed by atoms with Gasteiger partial charge in [0.05, 0.1) is 18.1 Å². The Labute approximate surface area is 103 Å². The van der Waals surface area contributed by atoms with Gasteiger partial charge in [-0.25, -0.2) is 9.97 Å². The first kappa shape index (κ1) is 12.1. The largest absolute Gasteiger partial charge is 0.391 e. The van der Waals surface area contributed by atoms with Gasteiger partial charge in [-0.2, -0.15) is 0 Å². The molecule has 1 amide bonds. The molecule has 1 fully saturated rings. The average molecular weight is 257 g/mol. The highest BCUT2D eigenvalue weighted by molar-refractivity contribution is 6.30. The number of halogens is 1. The highest BCUT2D eigenvalue weighted by Crippen LogP contribution is 2.27. The van der Waals surface area contributed by atoms with E-state index in [1.807, 2.05) is 4.90 Å². The molecule has 1 aliphatic rings. The summed E-state index contributed by atoms with van der Waals surface area (Å²) in [5.41, 5.74) is 5.75. The molecule has 1 atom stereocenters. The molecule has 2 rings (SSSR count). The lowest BCUT2D eigenvalue weighted by atomic mass is 10.1. The highest BCUT2D eigenvalue weighted by atomic mass is 35.5. The minimum Gasteiger partial charge on any atom is -0.391 e. The number of anilines is 1. The van der Waals surface area contributed by atoms with Crippen LogP contribution >= 0.6 is 11.6 Å². The number of nitrogens with zero attached hydrogens (tertiary/aromatic N) is 3. The maximum atomic E-state index is 11.1.